The van der Waals surface area contributed by atoms with Gasteiger partial charge in [0.2, 0.25) is 0 Å². The molecule has 1 N–H and O–H groups in total. The van der Waals surface area contributed by atoms with E-state index in [-0.39, 0.29) is 12.2 Å². The number of nitrogens with one attached hydrogen (secondary N) is 1. The Morgan fingerprint density at radius 2 is 1.97 bits per heavy atom. The first-order chi connectivity index (χ1) is 14.2. The molecule has 0 aliphatic carbocycles. The first-order valence-electron chi connectivity index (χ1n) is 9.77. The van der Waals surface area contributed by atoms with E-state index < -0.39 is 18.0 Å². The molecule has 7 heteroatoms. The molecule has 1 aliphatic rings. The van der Waals surface area contributed by atoms with Gasteiger partial charge in [-0.15, -0.1) is 0 Å². The Balaban J connectivity index is 1.55. The van der Waals surface area contributed by atoms with Crippen LogP contribution < -0.4 is 19.5 Å². The molecule has 1 unspecified atom stereocenters. The maximum Gasteiger partial charge on any atom is 0.344 e. The molecule has 2 aromatic carbocycles. The number of rotatable bonds is 7. The summed E-state index contributed by atoms with van der Waals surface area (Å²) in [5, 5.41) is 2.72. The van der Waals surface area contributed by atoms with Crippen LogP contribution in [0.4, 0.5) is 5.69 Å². The van der Waals surface area contributed by atoms with E-state index >= 15 is 0 Å². The molecule has 160 valence electrons. The van der Waals surface area contributed by atoms with Crippen LogP contribution in [0.5, 0.6) is 17.2 Å². The summed E-state index contributed by atoms with van der Waals surface area (Å²) in [7, 11) is 1.52. The topological polar surface area (TPSA) is 83.1 Å². The molecule has 0 spiro atoms. The molecular weight excluding hydrogens is 386 g/mol. The van der Waals surface area contributed by atoms with Gasteiger partial charge in [-0.05, 0) is 51.5 Å². The van der Waals surface area contributed by atoms with Gasteiger partial charge in [0.15, 0.2) is 24.2 Å². The Bertz CT molecular complexity index is 953. The average molecular weight is 413 g/mol. The summed E-state index contributed by atoms with van der Waals surface area (Å²) in [5.74, 6) is 0.544. The number of hydrogen-bond donors (Lipinski definition) is 1. The lowest BCUT2D eigenvalue weighted by molar-refractivity contribution is -0.155. The predicted molar refractivity (Wildman–Crippen MR) is 112 cm³/mol. The lowest BCUT2D eigenvalue weighted by Crippen LogP contribution is -2.31. The van der Waals surface area contributed by atoms with E-state index in [9.17, 15) is 9.59 Å². The first-order valence-corrected chi connectivity index (χ1v) is 9.77. The minimum Gasteiger partial charge on any atom is -0.495 e. The molecule has 1 atom stereocenters. The maximum absolute atomic E-state index is 12.4. The number of carbonyl (C=O) groups is 2. The van der Waals surface area contributed by atoms with E-state index in [1.54, 1.807) is 18.2 Å². The number of fused-ring (bicyclic) bond motifs is 1. The number of esters is 1. The maximum atomic E-state index is 12.4. The van der Waals surface area contributed by atoms with E-state index in [1.807, 2.05) is 39.0 Å². The lowest BCUT2D eigenvalue weighted by atomic mass is 10.0. The Kier molecular flexibility index (Phi) is 6.20. The highest BCUT2D eigenvalue weighted by atomic mass is 16.6. The molecule has 1 heterocycles. The van der Waals surface area contributed by atoms with Gasteiger partial charge < -0.3 is 24.3 Å². The standard InChI is InChI=1S/C23H27NO6/c1-14-9-10-18(27-5)17(11-14)24-22(26)15(2)29-20(25)13-28-19-8-6-7-16-12-23(3,4)30-21(16)19/h6-11,15H,12-13H2,1-5H3,(H,24,26). The number of amides is 1. The Hall–Kier alpha value is -3.22. The van der Waals surface area contributed by atoms with Crippen molar-refractivity contribution >= 4 is 17.6 Å². The second kappa shape index (κ2) is 8.65. The molecule has 0 fully saturated rings. The quantitative estimate of drug-likeness (QED) is 0.698. The highest BCUT2D eigenvalue weighted by Crippen LogP contribution is 2.41. The summed E-state index contributed by atoms with van der Waals surface area (Å²) in [6, 6.07) is 11.0. The normalized spacial score (nSPS) is 14.8. The van der Waals surface area contributed by atoms with Crippen molar-refractivity contribution in [2.75, 3.05) is 19.0 Å². The van der Waals surface area contributed by atoms with Gasteiger partial charge in [0, 0.05) is 12.0 Å². The molecule has 0 radical (unpaired) electrons. The van der Waals surface area contributed by atoms with Gasteiger partial charge in [0.25, 0.3) is 5.91 Å². The number of benzene rings is 2. The van der Waals surface area contributed by atoms with Crippen molar-refractivity contribution in [1.82, 2.24) is 0 Å². The van der Waals surface area contributed by atoms with Crippen LogP contribution in [-0.4, -0.2) is 37.3 Å². The molecule has 0 aromatic heterocycles. The summed E-state index contributed by atoms with van der Waals surface area (Å²) in [6.45, 7) is 7.07. The number of ether oxygens (including phenoxy) is 4. The van der Waals surface area contributed by atoms with E-state index in [0.717, 1.165) is 17.5 Å². The summed E-state index contributed by atoms with van der Waals surface area (Å²) in [4.78, 5) is 24.6. The lowest BCUT2D eigenvalue weighted by Gasteiger charge is -2.18. The summed E-state index contributed by atoms with van der Waals surface area (Å²) < 4.78 is 22.0. The molecule has 7 nitrogen and oxygen atoms in total. The van der Waals surface area contributed by atoms with Crippen LogP contribution in [0.2, 0.25) is 0 Å². The van der Waals surface area contributed by atoms with Crippen molar-refractivity contribution in [2.24, 2.45) is 0 Å². The van der Waals surface area contributed by atoms with Gasteiger partial charge in [0.1, 0.15) is 11.4 Å². The number of hydrogen-bond acceptors (Lipinski definition) is 6. The number of para-hydroxylation sites is 1. The first kappa shape index (κ1) is 21.5. The van der Waals surface area contributed by atoms with Gasteiger partial charge in [0.05, 0.1) is 12.8 Å². The molecule has 0 saturated carbocycles. The number of anilines is 1. The third-order valence-electron chi connectivity index (χ3n) is 4.69. The monoisotopic (exact) mass is 413 g/mol. The fourth-order valence-electron chi connectivity index (χ4n) is 3.28. The van der Waals surface area contributed by atoms with Crippen LogP contribution in [-0.2, 0) is 20.7 Å². The minimum absolute atomic E-state index is 0.314. The van der Waals surface area contributed by atoms with Gasteiger partial charge in [-0.2, -0.15) is 0 Å². The Labute approximate surface area is 176 Å². The molecule has 1 amide bonds. The van der Waals surface area contributed by atoms with E-state index in [0.29, 0.717) is 22.9 Å². The summed E-state index contributed by atoms with van der Waals surface area (Å²) in [5.41, 5.74) is 2.20. The fourth-order valence-corrected chi connectivity index (χ4v) is 3.28. The molecule has 0 bridgehead atoms. The van der Waals surface area contributed by atoms with Crippen molar-refractivity contribution in [1.29, 1.82) is 0 Å². The van der Waals surface area contributed by atoms with Crippen molar-refractivity contribution < 1.29 is 28.5 Å². The number of aryl methyl sites for hydroxylation is 1. The highest BCUT2D eigenvalue weighted by Gasteiger charge is 2.32. The molecule has 0 saturated heterocycles. The van der Waals surface area contributed by atoms with Crippen molar-refractivity contribution in [3.05, 3.63) is 47.5 Å². The van der Waals surface area contributed by atoms with Crippen LogP contribution in [0.25, 0.3) is 0 Å². The number of carbonyl (C=O) groups excluding carboxylic acids is 2. The van der Waals surface area contributed by atoms with Gasteiger partial charge in [-0.25, -0.2) is 4.79 Å². The van der Waals surface area contributed by atoms with E-state index in [2.05, 4.69) is 5.32 Å². The van der Waals surface area contributed by atoms with Crippen molar-refractivity contribution in [2.45, 2.75) is 45.8 Å². The summed E-state index contributed by atoms with van der Waals surface area (Å²) >= 11 is 0. The predicted octanol–water partition coefficient (Wildman–Crippen LogP) is 3.67. The minimum atomic E-state index is -0.997. The third kappa shape index (κ3) is 5.03. The van der Waals surface area contributed by atoms with Crippen LogP contribution in [0.3, 0.4) is 0 Å². The van der Waals surface area contributed by atoms with Crippen molar-refractivity contribution in [3.8, 4) is 17.2 Å². The van der Waals surface area contributed by atoms with Gasteiger partial charge in [-0.3, -0.25) is 4.79 Å². The average Bonchev–Trinajstić information content (AvgIpc) is 3.00. The van der Waals surface area contributed by atoms with Crippen LogP contribution >= 0.6 is 0 Å². The Morgan fingerprint density at radius 3 is 2.70 bits per heavy atom. The number of methoxy groups -OCH3 is 1. The zero-order chi connectivity index (χ0) is 21.9. The van der Waals surface area contributed by atoms with Crippen molar-refractivity contribution in [3.63, 3.8) is 0 Å². The molecule has 3 rings (SSSR count). The van der Waals surface area contributed by atoms with Crippen LogP contribution in [0.1, 0.15) is 31.9 Å². The van der Waals surface area contributed by atoms with Crippen LogP contribution in [0, 0.1) is 6.92 Å². The largest absolute Gasteiger partial charge is 0.495 e. The second-order valence-electron chi connectivity index (χ2n) is 7.90. The zero-order valence-electron chi connectivity index (χ0n) is 17.9. The van der Waals surface area contributed by atoms with Gasteiger partial charge >= 0.3 is 5.97 Å². The zero-order valence-corrected chi connectivity index (χ0v) is 17.9. The Morgan fingerprint density at radius 1 is 1.20 bits per heavy atom. The van der Waals surface area contributed by atoms with Gasteiger partial charge in [-0.1, -0.05) is 18.2 Å². The smallest absolute Gasteiger partial charge is 0.344 e. The molecule has 2 aromatic rings. The fraction of sp³-hybridized carbons (Fsp3) is 0.391. The van der Waals surface area contributed by atoms with Crippen LogP contribution in [0.15, 0.2) is 36.4 Å². The third-order valence-corrected chi connectivity index (χ3v) is 4.69. The molecular formula is C23H27NO6. The van der Waals surface area contributed by atoms with E-state index in [4.69, 9.17) is 18.9 Å². The summed E-state index contributed by atoms with van der Waals surface area (Å²) in [6.07, 6.45) is -0.230. The second-order valence-corrected chi connectivity index (χ2v) is 7.90. The highest BCUT2D eigenvalue weighted by molar-refractivity contribution is 5.96. The molecule has 30 heavy (non-hydrogen) atoms. The molecule has 1 aliphatic heterocycles. The van der Waals surface area contributed by atoms with E-state index in [1.165, 1.54) is 14.0 Å². The SMILES string of the molecule is COc1ccc(C)cc1NC(=O)C(C)OC(=O)COc1cccc2c1OC(C)(C)C2.